The van der Waals surface area contributed by atoms with E-state index < -0.39 is 21.8 Å². The molecule has 3 N–H and O–H groups in total. The van der Waals surface area contributed by atoms with Crippen molar-refractivity contribution in [1.82, 2.24) is 0 Å². The smallest absolute Gasteiger partial charge is 0.255 e. The standard InChI is InChI=1S/C16H17N3O4S/c1-19(24(2,22)23)12-9-7-11(8-10-12)16(21)18-14-6-4-3-5-13(14)15(17)20/h3-10H,1-2H3,(H2,17,20)(H,18,21). The van der Waals surface area contributed by atoms with E-state index in [2.05, 4.69) is 5.32 Å². The quantitative estimate of drug-likeness (QED) is 0.852. The molecule has 0 heterocycles. The van der Waals surface area contributed by atoms with Crippen molar-refractivity contribution in [2.75, 3.05) is 22.9 Å². The summed E-state index contributed by atoms with van der Waals surface area (Å²) in [4.78, 5) is 23.6. The Morgan fingerprint density at radius 3 is 2.17 bits per heavy atom. The predicted molar refractivity (Wildman–Crippen MR) is 92.6 cm³/mol. The van der Waals surface area contributed by atoms with Crippen molar-refractivity contribution < 1.29 is 18.0 Å². The van der Waals surface area contributed by atoms with Crippen molar-refractivity contribution in [3.8, 4) is 0 Å². The average Bonchev–Trinajstić information content (AvgIpc) is 2.53. The summed E-state index contributed by atoms with van der Waals surface area (Å²) in [5, 5.41) is 2.62. The van der Waals surface area contributed by atoms with Gasteiger partial charge in [-0.3, -0.25) is 13.9 Å². The van der Waals surface area contributed by atoms with Gasteiger partial charge >= 0.3 is 0 Å². The number of hydrogen-bond donors (Lipinski definition) is 2. The number of primary amides is 1. The number of sulfonamides is 1. The molecule has 0 spiro atoms. The maximum atomic E-state index is 12.3. The van der Waals surface area contributed by atoms with E-state index in [1.807, 2.05) is 0 Å². The number of carbonyl (C=O) groups excluding carboxylic acids is 2. The zero-order chi connectivity index (χ0) is 17.9. The predicted octanol–water partition coefficient (Wildman–Crippen LogP) is 1.43. The van der Waals surface area contributed by atoms with Gasteiger partial charge in [0.2, 0.25) is 10.0 Å². The van der Waals surface area contributed by atoms with Crippen molar-refractivity contribution in [3.63, 3.8) is 0 Å². The van der Waals surface area contributed by atoms with Crippen molar-refractivity contribution in [2.45, 2.75) is 0 Å². The summed E-state index contributed by atoms with van der Waals surface area (Å²) in [6.07, 6.45) is 1.09. The summed E-state index contributed by atoms with van der Waals surface area (Å²) in [6, 6.07) is 12.5. The maximum absolute atomic E-state index is 12.3. The summed E-state index contributed by atoms with van der Waals surface area (Å²) in [5.41, 5.74) is 6.55. The Morgan fingerprint density at radius 2 is 1.62 bits per heavy atom. The number of rotatable bonds is 5. The van der Waals surface area contributed by atoms with E-state index in [9.17, 15) is 18.0 Å². The van der Waals surface area contributed by atoms with Crippen LogP contribution in [0.15, 0.2) is 48.5 Å². The first kappa shape index (κ1) is 17.5. The van der Waals surface area contributed by atoms with E-state index in [1.54, 1.807) is 18.2 Å². The van der Waals surface area contributed by atoms with Crippen molar-refractivity contribution in [2.24, 2.45) is 5.73 Å². The van der Waals surface area contributed by atoms with Crippen molar-refractivity contribution in [3.05, 3.63) is 59.7 Å². The summed E-state index contributed by atoms with van der Waals surface area (Å²) < 4.78 is 24.1. The van der Waals surface area contributed by atoms with Gasteiger partial charge in [0, 0.05) is 12.6 Å². The third-order valence-corrected chi connectivity index (χ3v) is 4.64. The lowest BCUT2D eigenvalue weighted by Gasteiger charge is -2.16. The first-order valence-electron chi connectivity index (χ1n) is 6.94. The third-order valence-electron chi connectivity index (χ3n) is 3.43. The monoisotopic (exact) mass is 347 g/mol. The van der Waals surface area contributed by atoms with E-state index in [-0.39, 0.29) is 5.56 Å². The van der Waals surface area contributed by atoms with Gasteiger partial charge in [-0.15, -0.1) is 0 Å². The molecule has 0 unspecified atom stereocenters. The van der Waals surface area contributed by atoms with Crippen LogP contribution < -0.4 is 15.4 Å². The van der Waals surface area contributed by atoms with Gasteiger partial charge in [0.15, 0.2) is 0 Å². The second-order valence-corrected chi connectivity index (χ2v) is 7.16. The first-order valence-corrected chi connectivity index (χ1v) is 8.79. The van der Waals surface area contributed by atoms with Gasteiger partial charge in [0.25, 0.3) is 11.8 Å². The molecule has 2 aromatic carbocycles. The van der Waals surface area contributed by atoms with E-state index in [0.29, 0.717) is 16.9 Å². The van der Waals surface area contributed by atoms with Crippen LogP contribution in [0.2, 0.25) is 0 Å². The van der Waals surface area contributed by atoms with Crippen LogP contribution in [0.25, 0.3) is 0 Å². The van der Waals surface area contributed by atoms with Crippen LogP contribution in [0.1, 0.15) is 20.7 Å². The molecule has 126 valence electrons. The van der Waals surface area contributed by atoms with Crippen LogP contribution >= 0.6 is 0 Å². The highest BCUT2D eigenvalue weighted by atomic mass is 32.2. The van der Waals surface area contributed by atoms with E-state index in [4.69, 9.17) is 5.73 Å². The molecule has 2 aromatic rings. The molecule has 0 aliphatic carbocycles. The molecule has 0 radical (unpaired) electrons. The Labute approximate surface area is 140 Å². The number of carbonyl (C=O) groups is 2. The number of nitrogens with zero attached hydrogens (tertiary/aromatic N) is 1. The normalized spacial score (nSPS) is 10.9. The molecule has 0 bridgehead atoms. The Bertz CT molecular complexity index is 876. The topological polar surface area (TPSA) is 110 Å². The van der Waals surface area contributed by atoms with Crippen LogP contribution in [0.3, 0.4) is 0 Å². The minimum absolute atomic E-state index is 0.208. The van der Waals surface area contributed by atoms with Crippen molar-refractivity contribution >= 4 is 33.2 Å². The molecule has 0 aromatic heterocycles. The molecular formula is C16H17N3O4S. The molecule has 0 aliphatic heterocycles. The summed E-state index contributed by atoms with van der Waals surface area (Å²) in [5.74, 6) is -1.08. The van der Waals surface area contributed by atoms with E-state index in [1.165, 1.54) is 37.4 Å². The molecule has 0 atom stereocenters. The SMILES string of the molecule is CN(c1ccc(C(=O)Nc2ccccc2C(N)=O)cc1)S(C)(=O)=O. The number of nitrogens with two attached hydrogens (primary N) is 1. The lowest BCUT2D eigenvalue weighted by Crippen LogP contribution is -2.24. The molecule has 7 nitrogen and oxygen atoms in total. The minimum Gasteiger partial charge on any atom is -0.366 e. The minimum atomic E-state index is -3.37. The molecule has 2 rings (SSSR count). The molecule has 2 amide bonds. The van der Waals surface area contributed by atoms with E-state index >= 15 is 0 Å². The highest BCUT2D eigenvalue weighted by Gasteiger charge is 2.14. The number of hydrogen-bond acceptors (Lipinski definition) is 4. The Hall–Kier alpha value is -2.87. The third kappa shape index (κ3) is 3.90. The number of nitrogens with one attached hydrogen (secondary N) is 1. The zero-order valence-corrected chi connectivity index (χ0v) is 14.0. The Kier molecular flexibility index (Phi) is 4.89. The highest BCUT2D eigenvalue weighted by Crippen LogP contribution is 2.19. The van der Waals surface area contributed by atoms with Gasteiger partial charge in [-0.1, -0.05) is 12.1 Å². The molecule has 0 saturated heterocycles. The molecule has 0 aliphatic rings. The molecule has 0 saturated carbocycles. The summed E-state index contributed by atoms with van der Waals surface area (Å²) in [6.45, 7) is 0. The zero-order valence-electron chi connectivity index (χ0n) is 13.2. The van der Waals surface area contributed by atoms with Gasteiger partial charge < -0.3 is 11.1 Å². The summed E-state index contributed by atoms with van der Waals surface area (Å²) in [7, 11) is -1.95. The Morgan fingerprint density at radius 1 is 1.04 bits per heavy atom. The second-order valence-electron chi connectivity index (χ2n) is 5.14. The molecule has 24 heavy (non-hydrogen) atoms. The second kappa shape index (κ2) is 6.71. The molecule has 0 fully saturated rings. The summed E-state index contributed by atoms with van der Waals surface area (Å²) >= 11 is 0. The maximum Gasteiger partial charge on any atom is 0.255 e. The lowest BCUT2D eigenvalue weighted by molar-refractivity contribution is 0.100. The fourth-order valence-corrected chi connectivity index (χ4v) is 2.52. The van der Waals surface area contributed by atoms with Crippen LogP contribution in [-0.2, 0) is 10.0 Å². The molecular weight excluding hydrogens is 330 g/mol. The first-order chi connectivity index (χ1) is 11.2. The number of amides is 2. The highest BCUT2D eigenvalue weighted by molar-refractivity contribution is 7.92. The van der Waals surface area contributed by atoms with Crippen molar-refractivity contribution in [1.29, 1.82) is 0 Å². The lowest BCUT2D eigenvalue weighted by atomic mass is 10.1. The Balaban J connectivity index is 2.21. The fraction of sp³-hybridized carbons (Fsp3) is 0.125. The van der Waals surface area contributed by atoms with Gasteiger partial charge in [-0.25, -0.2) is 8.42 Å². The van der Waals surface area contributed by atoms with Gasteiger partial charge in [-0.2, -0.15) is 0 Å². The van der Waals surface area contributed by atoms with E-state index in [0.717, 1.165) is 10.6 Å². The van der Waals surface area contributed by atoms with Crippen LogP contribution in [0, 0.1) is 0 Å². The molecule has 8 heteroatoms. The van der Waals surface area contributed by atoms with Gasteiger partial charge in [0.1, 0.15) is 0 Å². The van der Waals surface area contributed by atoms with Crippen LogP contribution in [0.5, 0.6) is 0 Å². The fourth-order valence-electron chi connectivity index (χ4n) is 2.02. The number of para-hydroxylation sites is 1. The number of anilines is 2. The van der Waals surface area contributed by atoms with Crippen LogP contribution in [-0.4, -0.2) is 33.5 Å². The largest absolute Gasteiger partial charge is 0.366 e. The van der Waals surface area contributed by atoms with Gasteiger partial charge in [-0.05, 0) is 36.4 Å². The van der Waals surface area contributed by atoms with Gasteiger partial charge in [0.05, 0.1) is 23.2 Å². The average molecular weight is 347 g/mol. The number of benzene rings is 2. The van der Waals surface area contributed by atoms with Crippen LogP contribution in [0.4, 0.5) is 11.4 Å².